The molecule has 0 bridgehead atoms. The van der Waals surface area contributed by atoms with Crippen LogP contribution in [-0.2, 0) is 11.2 Å². The van der Waals surface area contributed by atoms with E-state index in [9.17, 15) is 0 Å². The number of rotatable bonds is 7. The molecule has 2 atom stereocenters. The van der Waals surface area contributed by atoms with Crippen molar-refractivity contribution >= 4 is 11.3 Å². The van der Waals surface area contributed by atoms with Crippen LogP contribution in [0.25, 0.3) is 0 Å². The second kappa shape index (κ2) is 7.16. The van der Waals surface area contributed by atoms with E-state index in [1.165, 1.54) is 10.0 Å². The highest BCUT2D eigenvalue weighted by Gasteiger charge is 2.30. The third kappa shape index (κ3) is 3.49. The summed E-state index contributed by atoms with van der Waals surface area (Å²) in [7, 11) is 0. The summed E-state index contributed by atoms with van der Waals surface area (Å²) in [6, 6.07) is 0. The van der Waals surface area contributed by atoms with Crippen LogP contribution in [0.5, 0.6) is 0 Å². The fraction of sp³-hybridized carbons (Fsp3) is 0.846. The molecule has 0 amide bonds. The third-order valence-corrected chi connectivity index (χ3v) is 4.52. The molecule has 5 heteroatoms. The van der Waals surface area contributed by atoms with E-state index in [0.717, 1.165) is 45.4 Å². The Bertz CT molecular complexity index is 356. The standard InChI is InChI=1S/C13H23N3OS/c1-3-11-10(7-9-17-11)13-16-15-12(18-13)6-5-8-14-4-2/h10-11,14H,3-9H2,1-2H3. The zero-order valence-corrected chi connectivity index (χ0v) is 12.1. The van der Waals surface area contributed by atoms with Crippen LogP contribution in [0, 0.1) is 0 Å². The van der Waals surface area contributed by atoms with Crippen molar-refractivity contribution in [3.05, 3.63) is 10.0 Å². The molecule has 0 radical (unpaired) electrons. The minimum absolute atomic E-state index is 0.354. The minimum atomic E-state index is 0.354. The largest absolute Gasteiger partial charge is 0.377 e. The fourth-order valence-electron chi connectivity index (χ4n) is 2.39. The van der Waals surface area contributed by atoms with Gasteiger partial charge in [-0.15, -0.1) is 21.5 Å². The van der Waals surface area contributed by atoms with Gasteiger partial charge in [-0.1, -0.05) is 13.8 Å². The Morgan fingerprint density at radius 3 is 3.06 bits per heavy atom. The van der Waals surface area contributed by atoms with Gasteiger partial charge in [0.1, 0.15) is 10.0 Å². The van der Waals surface area contributed by atoms with Crippen LogP contribution >= 0.6 is 11.3 Å². The summed E-state index contributed by atoms with van der Waals surface area (Å²) < 4.78 is 5.72. The molecule has 0 aromatic carbocycles. The van der Waals surface area contributed by atoms with E-state index >= 15 is 0 Å². The van der Waals surface area contributed by atoms with Crippen LogP contribution < -0.4 is 5.32 Å². The first-order valence-electron chi connectivity index (χ1n) is 6.99. The predicted molar refractivity (Wildman–Crippen MR) is 74.2 cm³/mol. The molecule has 0 aliphatic carbocycles. The summed E-state index contributed by atoms with van der Waals surface area (Å²) in [6.45, 7) is 7.29. The Kier molecular flexibility index (Phi) is 5.53. The smallest absolute Gasteiger partial charge is 0.123 e. The lowest BCUT2D eigenvalue weighted by Crippen LogP contribution is -2.14. The highest BCUT2D eigenvalue weighted by molar-refractivity contribution is 7.11. The second-order valence-electron chi connectivity index (χ2n) is 4.70. The zero-order chi connectivity index (χ0) is 12.8. The number of ether oxygens (including phenoxy) is 1. The topological polar surface area (TPSA) is 47.0 Å². The van der Waals surface area contributed by atoms with Crippen molar-refractivity contribution in [3.8, 4) is 0 Å². The molecule has 102 valence electrons. The lowest BCUT2D eigenvalue weighted by Gasteiger charge is -2.12. The van der Waals surface area contributed by atoms with Gasteiger partial charge in [0.15, 0.2) is 0 Å². The molecule has 18 heavy (non-hydrogen) atoms. The molecular formula is C13H23N3OS. The second-order valence-corrected chi connectivity index (χ2v) is 5.80. The highest BCUT2D eigenvalue weighted by atomic mass is 32.1. The van der Waals surface area contributed by atoms with Gasteiger partial charge in [0.25, 0.3) is 0 Å². The van der Waals surface area contributed by atoms with Crippen molar-refractivity contribution in [1.29, 1.82) is 0 Å². The molecule has 2 unspecified atom stereocenters. The van der Waals surface area contributed by atoms with Crippen LogP contribution in [0.4, 0.5) is 0 Å². The molecule has 0 saturated carbocycles. The van der Waals surface area contributed by atoms with Gasteiger partial charge in [-0.05, 0) is 32.4 Å². The quantitative estimate of drug-likeness (QED) is 0.772. The average molecular weight is 269 g/mol. The Morgan fingerprint density at radius 1 is 1.39 bits per heavy atom. The van der Waals surface area contributed by atoms with Crippen molar-refractivity contribution < 1.29 is 4.74 Å². The van der Waals surface area contributed by atoms with Gasteiger partial charge in [0.2, 0.25) is 0 Å². The molecule has 1 N–H and O–H groups in total. The van der Waals surface area contributed by atoms with E-state index < -0.39 is 0 Å². The SMILES string of the molecule is CCNCCCc1nnc(C2CCOC2CC)s1. The first-order valence-corrected chi connectivity index (χ1v) is 7.81. The monoisotopic (exact) mass is 269 g/mol. The molecule has 1 fully saturated rings. The maximum atomic E-state index is 5.72. The molecule has 2 heterocycles. The molecular weight excluding hydrogens is 246 g/mol. The number of hydrogen-bond donors (Lipinski definition) is 1. The summed E-state index contributed by atoms with van der Waals surface area (Å²) in [6.07, 6.45) is 4.70. The number of nitrogens with one attached hydrogen (secondary N) is 1. The number of hydrogen-bond acceptors (Lipinski definition) is 5. The van der Waals surface area contributed by atoms with Crippen LogP contribution in [-0.4, -0.2) is 36.0 Å². The van der Waals surface area contributed by atoms with E-state index in [2.05, 4.69) is 29.4 Å². The summed E-state index contributed by atoms with van der Waals surface area (Å²) in [5.74, 6) is 0.481. The molecule has 1 saturated heterocycles. The van der Waals surface area contributed by atoms with Gasteiger partial charge in [-0.3, -0.25) is 0 Å². The van der Waals surface area contributed by atoms with E-state index in [0.29, 0.717) is 12.0 Å². The predicted octanol–water partition coefficient (Wildman–Crippen LogP) is 2.36. The molecule has 1 aliphatic heterocycles. The van der Waals surface area contributed by atoms with Crippen molar-refractivity contribution in [1.82, 2.24) is 15.5 Å². The van der Waals surface area contributed by atoms with Gasteiger partial charge in [-0.25, -0.2) is 0 Å². The maximum absolute atomic E-state index is 5.72. The summed E-state index contributed by atoms with van der Waals surface area (Å²) in [4.78, 5) is 0. The lowest BCUT2D eigenvalue weighted by atomic mass is 10.0. The van der Waals surface area contributed by atoms with Crippen LogP contribution in [0.2, 0.25) is 0 Å². The summed E-state index contributed by atoms with van der Waals surface area (Å²) in [5, 5.41) is 14.4. The first kappa shape index (κ1) is 13.9. The maximum Gasteiger partial charge on any atom is 0.123 e. The Balaban J connectivity index is 1.85. The van der Waals surface area contributed by atoms with E-state index in [4.69, 9.17) is 4.74 Å². The van der Waals surface area contributed by atoms with Crippen LogP contribution in [0.3, 0.4) is 0 Å². The lowest BCUT2D eigenvalue weighted by molar-refractivity contribution is 0.100. The Morgan fingerprint density at radius 2 is 2.28 bits per heavy atom. The van der Waals surface area contributed by atoms with E-state index in [1.807, 2.05) is 0 Å². The van der Waals surface area contributed by atoms with Crippen molar-refractivity contribution in [2.45, 2.75) is 51.6 Å². The molecule has 4 nitrogen and oxygen atoms in total. The van der Waals surface area contributed by atoms with Crippen molar-refractivity contribution in [2.75, 3.05) is 19.7 Å². The van der Waals surface area contributed by atoms with Crippen LogP contribution in [0.1, 0.15) is 49.0 Å². The Labute approximate surface area is 113 Å². The van der Waals surface area contributed by atoms with E-state index in [1.54, 1.807) is 11.3 Å². The highest BCUT2D eigenvalue weighted by Crippen LogP contribution is 2.34. The van der Waals surface area contributed by atoms with Gasteiger partial charge in [-0.2, -0.15) is 0 Å². The number of aromatic nitrogens is 2. The first-order chi connectivity index (χ1) is 8.85. The average Bonchev–Trinajstić information content (AvgIpc) is 3.02. The normalized spacial score (nSPS) is 23.7. The van der Waals surface area contributed by atoms with Crippen LogP contribution in [0.15, 0.2) is 0 Å². The number of nitrogens with zero attached hydrogens (tertiary/aromatic N) is 2. The van der Waals surface area contributed by atoms with Gasteiger partial charge in [0.05, 0.1) is 6.10 Å². The minimum Gasteiger partial charge on any atom is -0.377 e. The molecule has 1 aromatic heterocycles. The molecule has 2 rings (SSSR count). The Hall–Kier alpha value is -0.520. The summed E-state index contributed by atoms with van der Waals surface area (Å²) in [5.41, 5.74) is 0. The molecule has 1 aromatic rings. The third-order valence-electron chi connectivity index (χ3n) is 3.41. The van der Waals surface area contributed by atoms with Gasteiger partial charge < -0.3 is 10.1 Å². The number of aryl methyl sites for hydroxylation is 1. The van der Waals surface area contributed by atoms with Gasteiger partial charge in [0, 0.05) is 18.9 Å². The molecule has 0 spiro atoms. The van der Waals surface area contributed by atoms with Crippen molar-refractivity contribution in [3.63, 3.8) is 0 Å². The van der Waals surface area contributed by atoms with Gasteiger partial charge >= 0.3 is 0 Å². The summed E-state index contributed by atoms with van der Waals surface area (Å²) >= 11 is 1.78. The molecule has 1 aliphatic rings. The zero-order valence-electron chi connectivity index (χ0n) is 11.3. The van der Waals surface area contributed by atoms with Crippen molar-refractivity contribution in [2.24, 2.45) is 0 Å². The van der Waals surface area contributed by atoms with E-state index in [-0.39, 0.29) is 0 Å². The fourth-order valence-corrected chi connectivity index (χ4v) is 3.46.